The number of carbonyl (C=O) groups is 2. The van der Waals surface area contributed by atoms with E-state index in [1.807, 2.05) is 0 Å². The van der Waals surface area contributed by atoms with Crippen molar-refractivity contribution < 1.29 is 32.0 Å². The van der Waals surface area contributed by atoms with Gasteiger partial charge in [0.25, 0.3) is 0 Å². The van der Waals surface area contributed by atoms with Crippen LogP contribution in [0.25, 0.3) is 0 Å². The monoisotopic (exact) mass is 297 g/mol. The Morgan fingerprint density at radius 1 is 1.38 bits per heavy atom. The molecule has 0 aromatic carbocycles. The van der Waals surface area contributed by atoms with Crippen LogP contribution >= 0.6 is 0 Å². The van der Waals surface area contributed by atoms with Crippen molar-refractivity contribution in [2.75, 3.05) is 0 Å². The Morgan fingerprint density at radius 2 is 1.75 bits per heavy atom. The molecule has 0 unspecified atom stereocenters. The minimum atomic E-state index is -0.345. The second kappa shape index (κ2) is 5.22. The minimum absolute atomic E-state index is 0. The van der Waals surface area contributed by atoms with Gasteiger partial charge in [-0.05, 0) is 0 Å². The molecule has 0 N–H and O–H groups in total. The second-order valence-corrected chi connectivity index (χ2v) is 1.33. The summed E-state index contributed by atoms with van der Waals surface area (Å²) in [6.45, 7) is 2.95. The van der Waals surface area contributed by atoms with Crippen LogP contribution in [0.4, 0.5) is 0 Å². The standard InChI is InChI=1S/C5H8O2.Au/c1-3-5(7)4(2)6;/h3H2,1-2H3;/q;+1. The van der Waals surface area contributed by atoms with E-state index in [0.717, 1.165) is 0 Å². The number of hydrogen-bond donors (Lipinski definition) is 0. The Bertz CT molecular complexity index is 98.6. The van der Waals surface area contributed by atoms with Gasteiger partial charge < -0.3 is 0 Å². The molecule has 0 spiro atoms. The van der Waals surface area contributed by atoms with E-state index < -0.39 is 0 Å². The number of Topliss-reactive ketones (excluding diaryl/α,β-unsaturated/α-hetero) is 2. The third-order valence-electron chi connectivity index (χ3n) is 0.714. The Morgan fingerprint density at radius 3 is 1.75 bits per heavy atom. The van der Waals surface area contributed by atoms with Gasteiger partial charge in [-0.2, -0.15) is 0 Å². The molecule has 0 saturated carbocycles. The van der Waals surface area contributed by atoms with Gasteiger partial charge in [-0.15, -0.1) is 0 Å². The fraction of sp³-hybridized carbons (Fsp3) is 0.600. The van der Waals surface area contributed by atoms with Crippen LogP contribution in [0.5, 0.6) is 0 Å². The fourth-order valence-electron chi connectivity index (χ4n) is 0.249. The molecule has 3 heteroatoms. The third kappa shape index (κ3) is 4.24. The number of rotatable bonds is 2. The molecule has 50 valence electrons. The van der Waals surface area contributed by atoms with Crippen LogP contribution < -0.4 is 0 Å². The van der Waals surface area contributed by atoms with Crippen LogP contribution in [0, 0.1) is 0 Å². The van der Waals surface area contributed by atoms with Gasteiger partial charge in [-0.25, -0.2) is 0 Å². The maximum absolute atomic E-state index is 10.2. The first-order chi connectivity index (χ1) is 3.18. The third-order valence-corrected chi connectivity index (χ3v) is 0.714. The van der Waals surface area contributed by atoms with Crippen molar-refractivity contribution in [1.82, 2.24) is 0 Å². The van der Waals surface area contributed by atoms with Gasteiger partial charge in [0.05, 0.1) is 0 Å². The summed E-state index contributed by atoms with van der Waals surface area (Å²) in [6.07, 6.45) is 0.329. The summed E-state index contributed by atoms with van der Waals surface area (Å²) >= 11 is 0. The Balaban J connectivity index is 0. The zero-order chi connectivity index (χ0) is 5.86. The molecule has 0 aromatic heterocycles. The topological polar surface area (TPSA) is 34.1 Å². The van der Waals surface area contributed by atoms with Gasteiger partial charge >= 0.3 is 22.4 Å². The van der Waals surface area contributed by atoms with E-state index in [2.05, 4.69) is 0 Å². The Hall–Kier alpha value is 0.0803. The predicted octanol–water partition coefficient (Wildman–Crippen LogP) is 0.552. The average molecular weight is 297 g/mol. The van der Waals surface area contributed by atoms with E-state index in [-0.39, 0.29) is 33.9 Å². The summed E-state index contributed by atoms with van der Waals surface area (Å²) in [4.78, 5) is 20.2. The first-order valence-electron chi connectivity index (χ1n) is 2.22. The summed E-state index contributed by atoms with van der Waals surface area (Å²) < 4.78 is 0. The molecule has 0 aromatic rings. The molecule has 0 bridgehead atoms. The van der Waals surface area contributed by atoms with E-state index >= 15 is 0 Å². The molecular weight excluding hydrogens is 289 g/mol. The van der Waals surface area contributed by atoms with Crippen molar-refractivity contribution in [3.63, 3.8) is 0 Å². The zero-order valence-corrected chi connectivity index (χ0v) is 6.99. The molecule has 0 aliphatic rings. The van der Waals surface area contributed by atoms with E-state index in [0.29, 0.717) is 6.42 Å². The summed E-state index contributed by atoms with van der Waals surface area (Å²) in [5, 5.41) is 0. The molecule has 0 heterocycles. The first kappa shape index (κ1) is 11.0. The second-order valence-electron chi connectivity index (χ2n) is 1.33. The van der Waals surface area contributed by atoms with Gasteiger partial charge in [0, 0.05) is 13.3 Å². The molecule has 0 aliphatic carbocycles. The SMILES string of the molecule is CCC(=O)C(C)=O.[Au+]. The van der Waals surface area contributed by atoms with Crippen molar-refractivity contribution in [3.05, 3.63) is 0 Å². The molecule has 0 fully saturated rings. The van der Waals surface area contributed by atoms with Crippen LogP contribution in [-0.2, 0) is 32.0 Å². The maximum Gasteiger partial charge on any atom is 1.00 e. The van der Waals surface area contributed by atoms with E-state index in [1.165, 1.54) is 6.92 Å². The summed E-state index contributed by atoms with van der Waals surface area (Å²) in [7, 11) is 0. The van der Waals surface area contributed by atoms with E-state index in [1.54, 1.807) is 6.92 Å². The van der Waals surface area contributed by atoms with Gasteiger partial charge in [0.2, 0.25) is 0 Å². The molecular formula is C5H8AuO2+. The van der Waals surface area contributed by atoms with Crippen LogP contribution in [0.2, 0.25) is 0 Å². The van der Waals surface area contributed by atoms with Crippen LogP contribution in [-0.4, -0.2) is 11.6 Å². The van der Waals surface area contributed by atoms with E-state index in [4.69, 9.17) is 0 Å². The minimum Gasteiger partial charge on any atom is -0.291 e. The van der Waals surface area contributed by atoms with Gasteiger partial charge in [0.1, 0.15) is 0 Å². The molecule has 0 aliphatic heterocycles. The summed E-state index contributed by atoms with van der Waals surface area (Å²) in [5.41, 5.74) is 0. The van der Waals surface area contributed by atoms with Crippen molar-refractivity contribution in [2.45, 2.75) is 20.3 Å². The van der Waals surface area contributed by atoms with Crippen molar-refractivity contribution in [1.29, 1.82) is 0 Å². The first-order valence-corrected chi connectivity index (χ1v) is 2.22. The molecule has 0 radical (unpaired) electrons. The van der Waals surface area contributed by atoms with Crippen molar-refractivity contribution >= 4 is 11.6 Å². The number of ketones is 2. The number of carbonyl (C=O) groups excluding carboxylic acids is 2. The predicted molar refractivity (Wildman–Crippen MR) is 26.0 cm³/mol. The fourth-order valence-corrected chi connectivity index (χ4v) is 0.249. The van der Waals surface area contributed by atoms with Crippen LogP contribution in [0.1, 0.15) is 20.3 Å². The molecule has 0 saturated heterocycles. The van der Waals surface area contributed by atoms with Gasteiger partial charge in [-0.1, -0.05) is 6.92 Å². The van der Waals surface area contributed by atoms with Gasteiger partial charge in [-0.3, -0.25) is 9.59 Å². The molecule has 0 rings (SSSR count). The Labute approximate surface area is 64.2 Å². The smallest absolute Gasteiger partial charge is 0.291 e. The average Bonchev–Trinajstić information content (AvgIpc) is 1.65. The van der Waals surface area contributed by atoms with Crippen LogP contribution in [0.15, 0.2) is 0 Å². The van der Waals surface area contributed by atoms with Crippen molar-refractivity contribution in [2.24, 2.45) is 0 Å². The maximum atomic E-state index is 10.2. The quantitative estimate of drug-likeness (QED) is 0.551. The Kier molecular flexibility index (Phi) is 7.15. The summed E-state index contributed by atoms with van der Waals surface area (Å²) in [5.74, 6) is -0.637. The largest absolute Gasteiger partial charge is 1.00 e. The molecule has 2 nitrogen and oxygen atoms in total. The van der Waals surface area contributed by atoms with E-state index in [9.17, 15) is 9.59 Å². The zero-order valence-electron chi connectivity index (χ0n) is 4.83. The molecule has 0 atom stereocenters. The normalized spacial score (nSPS) is 7.25. The van der Waals surface area contributed by atoms with Crippen LogP contribution in [0.3, 0.4) is 0 Å². The molecule has 0 amide bonds. The summed E-state index contributed by atoms with van der Waals surface area (Å²) in [6, 6.07) is 0. The van der Waals surface area contributed by atoms with Crippen molar-refractivity contribution in [3.8, 4) is 0 Å². The van der Waals surface area contributed by atoms with Gasteiger partial charge in [0.15, 0.2) is 11.6 Å². The molecule has 8 heavy (non-hydrogen) atoms. The number of hydrogen-bond acceptors (Lipinski definition) is 2.